The fourth-order valence-electron chi connectivity index (χ4n) is 2.47. The first-order chi connectivity index (χ1) is 11.7. The summed E-state index contributed by atoms with van der Waals surface area (Å²) in [6, 6.07) is 3.12. The molecule has 0 spiro atoms. The lowest BCUT2D eigenvalue weighted by Crippen LogP contribution is -2.36. The van der Waals surface area contributed by atoms with E-state index in [9.17, 15) is 10.1 Å². The first kappa shape index (κ1) is 18.3. The summed E-state index contributed by atoms with van der Waals surface area (Å²) >= 11 is 0. The number of ether oxygens (including phenoxy) is 4. The Labute approximate surface area is 141 Å². The Morgan fingerprint density at radius 1 is 1.12 bits per heavy atom. The number of hydrogen-bond acceptors (Lipinski definition) is 7. The van der Waals surface area contributed by atoms with Crippen molar-refractivity contribution >= 4 is 11.4 Å². The number of benzene rings is 1. The van der Waals surface area contributed by atoms with E-state index in [2.05, 4.69) is 4.90 Å². The minimum absolute atomic E-state index is 0.0970. The Kier molecular flexibility index (Phi) is 7.07. The molecule has 134 valence electrons. The van der Waals surface area contributed by atoms with Crippen LogP contribution in [0.25, 0.3) is 0 Å². The van der Waals surface area contributed by atoms with E-state index >= 15 is 0 Å². The molecule has 0 bridgehead atoms. The molecule has 8 heteroatoms. The molecule has 0 N–H and O–H groups in total. The van der Waals surface area contributed by atoms with Gasteiger partial charge in [-0.1, -0.05) is 0 Å². The summed E-state index contributed by atoms with van der Waals surface area (Å²) in [5.41, 5.74) is 0.684. The van der Waals surface area contributed by atoms with Crippen LogP contribution in [-0.2, 0) is 9.47 Å². The highest BCUT2D eigenvalue weighted by Gasteiger charge is 2.24. The molecule has 1 saturated heterocycles. The van der Waals surface area contributed by atoms with E-state index in [1.54, 1.807) is 13.0 Å². The predicted octanol–water partition coefficient (Wildman–Crippen LogP) is 2.25. The molecule has 0 radical (unpaired) electrons. The molecule has 1 fully saturated rings. The zero-order valence-electron chi connectivity index (χ0n) is 14.2. The summed E-state index contributed by atoms with van der Waals surface area (Å²) in [6.07, 6.45) is 0. The second-order valence-electron chi connectivity index (χ2n) is 5.12. The molecule has 2 rings (SSSR count). The van der Waals surface area contributed by atoms with Gasteiger partial charge >= 0.3 is 5.69 Å². The SMILES string of the molecule is CCOCCOc1cc([N+](=O)[O-])c(OCC)cc1N1CCOCC1. The van der Waals surface area contributed by atoms with Gasteiger partial charge in [-0.3, -0.25) is 10.1 Å². The van der Waals surface area contributed by atoms with Gasteiger partial charge in [-0.25, -0.2) is 0 Å². The minimum atomic E-state index is -0.455. The van der Waals surface area contributed by atoms with Crippen molar-refractivity contribution in [2.24, 2.45) is 0 Å². The number of anilines is 1. The summed E-state index contributed by atoms with van der Waals surface area (Å²) in [5.74, 6) is 0.716. The molecular weight excluding hydrogens is 316 g/mol. The van der Waals surface area contributed by atoms with E-state index in [-0.39, 0.29) is 11.4 Å². The highest BCUT2D eigenvalue weighted by Crippen LogP contribution is 2.40. The first-order valence-electron chi connectivity index (χ1n) is 8.15. The fourth-order valence-corrected chi connectivity index (χ4v) is 2.47. The quantitative estimate of drug-likeness (QED) is 0.387. The Bertz CT molecular complexity index is 546. The van der Waals surface area contributed by atoms with Crippen LogP contribution in [0, 0.1) is 10.1 Å². The third kappa shape index (κ3) is 4.72. The lowest BCUT2D eigenvalue weighted by Gasteiger charge is -2.30. The van der Waals surface area contributed by atoms with Crippen molar-refractivity contribution in [3.8, 4) is 11.5 Å². The molecule has 0 aromatic heterocycles. The third-order valence-electron chi connectivity index (χ3n) is 3.58. The van der Waals surface area contributed by atoms with Gasteiger partial charge in [-0.15, -0.1) is 0 Å². The Hall–Kier alpha value is -2.06. The van der Waals surface area contributed by atoms with Crippen molar-refractivity contribution in [2.75, 3.05) is 57.6 Å². The molecule has 0 aliphatic carbocycles. The molecule has 0 unspecified atom stereocenters. The van der Waals surface area contributed by atoms with E-state index in [0.717, 1.165) is 5.69 Å². The van der Waals surface area contributed by atoms with Gasteiger partial charge in [0.1, 0.15) is 12.4 Å². The molecule has 1 heterocycles. The average Bonchev–Trinajstić information content (AvgIpc) is 2.60. The van der Waals surface area contributed by atoms with Gasteiger partial charge in [-0.2, -0.15) is 0 Å². The number of nitro benzene ring substituents is 1. The zero-order valence-corrected chi connectivity index (χ0v) is 14.2. The molecule has 1 aliphatic rings. The van der Waals surface area contributed by atoms with E-state index in [1.807, 2.05) is 6.92 Å². The Morgan fingerprint density at radius 2 is 1.88 bits per heavy atom. The molecule has 8 nitrogen and oxygen atoms in total. The Balaban J connectivity index is 2.31. The molecule has 1 aliphatic heterocycles. The van der Waals surface area contributed by atoms with Gasteiger partial charge in [0.2, 0.25) is 0 Å². The normalized spacial score (nSPS) is 14.5. The monoisotopic (exact) mass is 340 g/mol. The number of hydrogen-bond donors (Lipinski definition) is 0. The van der Waals surface area contributed by atoms with Gasteiger partial charge in [0.15, 0.2) is 5.75 Å². The van der Waals surface area contributed by atoms with Crippen LogP contribution in [0.4, 0.5) is 11.4 Å². The highest BCUT2D eigenvalue weighted by atomic mass is 16.6. The van der Waals surface area contributed by atoms with Crippen LogP contribution in [0.15, 0.2) is 12.1 Å². The van der Waals surface area contributed by atoms with Gasteiger partial charge in [0.05, 0.1) is 43.1 Å². The van der Waals surface area contributed by atoms with Gasteiger partial charge in [0, 0.05) is 25.8 Å². The van der Waals surface area contributed by atoms with Crippen LogP contribution in [0.3, 0.4) is 0 Å². The Morgan fingerprint density at radius 3 is 2.50 bits per heavy atom. The maximum atomic E-state index is 11.3. The standard InChI is InChI=1S/C16H24N2O6/c1-3-21-9-10-24-15-12-14(18(19)20)16(23-4-2)11-13(15)17-5-7-22-8-6-17/h11-12H,3-10H2,1-2H3. The molecule has 0 saturated carbocycles. The fraction of sp³-hybridized carbons (Fsp3) is 0.625. The summed E-state index contributed by atoms with van der Waals surface area (Å²) in [7, 11) is 0. The van der Waals surface area contributed by atoms with E-state index in [0.29, 0.717) is 58.5 Å². The van der Waals surface area contributed by atoms with Crippen molar-refractivity contribution in [1.29, 1.82) is 0 Å². The molecule has 1 aromatic rings. The first-order valence-corrected chi connectivity index (χ1v) is 8.15. The van der Waals surface area contributed by atoms with Gasteiger partial charge < -0.3 is 23.8 Å². The van der Waals surface area contributed by atoms with Crippen LogP contribution in [0.5, 0.6) is 11.5 Å². The van der Waals surface area contributed by atoms with Crippen molar-refractivity contribution in [1.82, 2.24) is 0 Å². The maximum absolute atomic E-state index is 11.3. The highest BCUT2D eigenvalue weighted by molar-refractivity contribution is 5.68. The second kappa shape index (κ2) is 9.29. The van der Waals surface area contributed by atoms with Gasteiger partial charge in [0.25, 0.3) is 0 Å². The van der Waals surface area contributed by atoms with Crippen LogP contribution in [-0.4, -0.2) is 57.7 Å². The zero-order chi connectivity index (χ0) is 17.4. The topological polar surface area (TPSA) is 83.3 Å². The third-order valence-corrected chi connectivity index (χ3v) is 3.58. The lowest BCUT2D eigenvalue weighted by molar-refractivity contribution is -0.385. The summed E-state index contributed by atoms with van der Waals surface area (Å²) in [4.78, 5) is 13.0. The molecule has 1 aromatic carbocycles. The smallest absolute Gasteiger partial charge is 0.314 e. The summed E-state index contributed by atoms with van der Waals surface area (Å²) < 4.78 is 21.8. The number of nitrogens with zero attached hydrogens (tertiary/aromatic N) is 2. The molecule has 24 heavy (non-hydrogen) atoms. The van der Waals surface area contributed by atoms with Crippen LogP contribution >= 0.6 is 0 Å². The van der Waals surface area contributed by atoms with E-state index in [4.69, 9.17) is 18.9 Å². The number of morpholine rings is 1. The van der Waals surface area contributed by atoms with Crippen molar-refractivity contribution in [3.63, 3.8) is 0 Å². The van der Waals surface area contributed by atoms with Gasteiger partial charge in [-0.05, 0) is 13.8 Å². The van der Waals surface area contributed by atoms with Crippen molar-refractivity contribution in [3.05, 3.63) is 22.2 Å². The maximum Gasteiger partial charge on any atom is 0.314 e. The summed E-state index contributed by atoms with van der Waals surface area (Å²) in [5, 5.41) is 11.3. The summed E-state index contributed by atoms with van der Waals surface area (Å²) in [6.45, 7) is 8.04. The van der Waals surface area contributed by atoms with Crippen LogP contribution in [0.2, 0.25) is 0 Å². The predicted molar refractivity (Wildman–Crippen MR) is 89.3 cm³/mol. The molecular formula is C16H24N2O6. The van der Waals surface area contributed by atoms with Crippen molar-refractivity contribution < 1.29 is 23.9 Å². The minimum Gasteiger partial charge on any atom is -0.489 e. The molecule has 0 atom stereocenters. The van der Waals surface area contributed by atoms with E-state index in [1.165, 1.54) is 6.07 Å². The number of rotatable bonds is 9. The average molecular weight is 340 g/mol. The largest absolute Gasteiger partial charge is 0.489 e. The number of nitro groups is 1. The second-order valence-corrected chi connectivity index (χ2v) is 5.12. The van der Waals surface area contributed by atoms with Crippen LogP contribution < -0.4 is 14.4 Å². The molecule has 0 amide bonds. The van der Waals surface area contributed by atoms with E-state index < -0.39 is 4.92 Å². The van der Waals surface area contributed by atoms with Crippen molar-refractivity contribution in [2.45, 2.75) is 13.8 Å². The van der Waals surface area contributed by atoms with Crippen LogP contribution in [0.1, 0.15) is 13.8 Å². The lowest BCUT2D eigenvalue weighted by atomic mass is 10.2.